The van der Waals surface area contributed by atoms with Crippen molar-refractivity contribution in [2.24, 2.45) is 0 Å². The van der Waals surface area contributed by atoms with E-state index in [1.165, 1.54) is 0 Å². The number of ether oxygens (including phenoxy) is 1. The predicted molar refractivity (Wildman–Crippen MR) is 149 cm³/mol. The molecular weight excluding hydrogens is 589 g/mol. The number of alkyl halides is 3. The molecule has 1 heterocycles. The van der Waals surface area contributed by atoms with E-state index in [9.17, 15) is 43.0 Å². The number of rotatable bonds is 5. The fourth-order valence-electron chi connectivity index (χ4n) is 3.95. The fourth-order valence-corrected chi connectivity index (χ4v) is 3.95. The molecule has 44 heavy (non-hydrogen) atoms. The summed E-state index contributed by atoms with van der Waals surface area (Å²) in [6.07, 6.45) is -5.02. The number of non-ortho nitro benzene ring substituents is 1. The monoisotopic (exact) mass is 612 g/mol. The zero-order chi connectivity index (χ0) is 33.1. The standard InChI is InChI=1S/C16H8F3N3O6.C13H15NO2/c1-7(23)15-11-5-13(22(26)27)10(6-14(11)28-20-15)9-3-2-8(21(24)25)4-12(9)16(17,18)19;1-9-5-6-10(8-14)7-11(9)12(15)16-13(2,3)4/h2-6H,1H3;5-7H,1-4H3. The molecule has 0 unspecified atom stereocenters. The highest BCUT2D eigenvalue weighted by molar-refractivity contribution is 6.06. The van der Waals surface area contributed by atoms with Crippen molar-refractivity contribution in [2.45, 2.75) is 46.4 Å². The Hall–Kier alpha value is -5.65. The molecule has 0 fully saturated rings. The number of carbonyl (C=O) groups excluding carboxylic acids is 2. The zero-order valence-electron chi connectivity index (χ0n) is 23.8. The van der Waals surface area contributed by atoms with Crippen LogP contribution in [0.3, 0.4) is 0 Å². The number of ketones is 1. The number of benzene rings is 3. The van der Waals surface area contributed by atoms with Crippen molar-refractivity contribution in [1.29, 1.82) is 5.26 Å². The third-order valence-electron chi connectivity index (χ3n) is 5.91. The van der Waals surface area contributed by atoms with Gasteiger partial charge < -0.3 is 9.26 Å². The normalized spacial score (nSPS) is 11.2. The van der Waals surface area contributed by atoms with Crippen molar-refractivity contribution in [3.8, 4) is 17.2 Å². The third kappa shape index (κ3) is 7.40. The van der Waals surface area contributed by atoms with Crippen molar-refractivity contribution >= 4 is 34.1 Å². The highest BCUT2D eigenvalue weighted by Gasteiger charge is 2.37. The Bertz CT molecular complexity index is 1850. The number of nitro groups is 2. The molecule has 0 saturated heterocycles. The molecule has 0 atom stereocenters. The van der Waals surface area contributed by atoms with Gasteiger partial charge in [0.15, 0.2) is 17.1 Å². The summed E-state index contributed by atoms with van der Waals surface area (Å²) in [5.41, 5.74) is -3.24. The van der Waals surface area contributed by atoms with Crippen LogP contribution in [0.15, 0.2) is 53.1 Å². The number of nitriles is 1. The number of hydrogen-bond acceptors (Lipinski definition) is 10. The van der Waals surface area contributed by atoms with E-state index in [-0.39, 0.29) is 22.6 Å². The second-order valence-electron chi connectivity index (χ2n) is 10.3. The lowest BCUT2D eigenvalue weighted by Gasteiger charge is -2.20. The molecule has 4 rings (SSSR count). The molecule has 228 valence electrons. The minimum absolute atomic E-state index is 0.0292. The van der Waals surface area contributed by atoms with Crippen molar-refractivity contribution in [3.63, 3.8) is 0 Å². The second kappa shape index (κ2) is 12.3. The summed E-state index contributed by atoms with van der Waals surface area (Å²) in [5, 5.41) is 34.5. The van der Waals surface area contributed by atoms with Gasteiger partial charge in [-0.15, -0.1) is 0 Å². The second-order valence-corrected chi connectivity index (χ2v) is 10.3. The molecule has 0 aliphatic rings. The van der Waals surface area contributed by atoms with Crippen LogP contribution in [-0.2, 0) is 10.9 Å². The third-order valence-corrected chi connectivity index (χ3v) is 5.91. The van der Waals surface area contributed by atoms with Crippen LogP contribution < -0.4 is 0 Å². The number of fused-ring (bicyclic) bond motifs is 1. The van der Waals surface area contributed by atoms with Crippen LogP contribution >= 0.6 is 0 Å². The molecule has 0 amide bonds. The first-order chi connectivity index (χ1) is 20.3. The number of aryl methyl sites for hydroxylation is 1. The van der Waals surface area contributed by atoms with Crippen LogP contribution in [0, 0.1) is 38.5 Å². The molecule has 12 nitrogen and oxygen atoms in total. The lowest BCUT2D eigenvalue weighted by molar-refractivity contribution is -0.385. The molecule has 3 aromatic carbocycles. The fraction of sp³-hybridized carbons (Fsp3) is 0.241. The van der Waals surface area contributed by atoms with Gasteiger partial charge in [-0.05, 0) is 57.5 Å². The Morgan fingerprint density at radius 3 is 2.16 bits per heavy atom. The van der Waals surface area contributed by atoms with Crippen LogP contribution in [0.25, 0.3) is 22.1 Å². The maximum absolute atomic E-state index is 13.5. The SMILES string of the molecule is CC(=O)c1noc2cc(-c3ccc([N+](=O)[O-])cc3C(F)(F)F)c([N+](=O)[O-])cc12.Cc1ccc(C#N)cc1C(=O)OC(C)(C)C. The molecule has 0 spiro atoms. The molecule has 0 aliphatic carbocycles. The molecule has 0 radical (unpaired) electrons. The van der Waals surface area contributed by atoms with E-state index < -0.39 is 55.5 Å². The average Bonchev–Trinajstić information content (AvgIpc) is 3.34. The van der Waals surface area contributed by atoms with Gasteiger partial charge in [0.1, 0.15) is 5.60 Å². The number of aromatic nitrogens is 1. The van der Waals surface area contributed by atoms with Gasteiger partial charge in [0.05, 0.1) is 43.6 Å². The first-order valence-corrected chi connectivity index (χ1v) is 12.5. The Labute approximate surface area is 246 Å². The summed E-state index contributed by atoms with van der Waals surface area (Å²) in [7, 11) is 0. The molecule has 15 heteroatoms. The lowest BCUT2D eigenvalue weighted by Crippen LogP contribution is -2.24. The Morgan fingerprint density at radius 2 is 1.64 bits per heavy atom. The van der Waals surface area contributed by atoms with Crippen LogP contribution in [-0.4, -0.2) is 32.4 Å². The van der Waals surface area contributed by atoms with E-state index in [2.05, 4.69) is 5.16 Å². The summed E-state index contributed by atoms with van der Waals surface area (Å²) in [6.45, 7) is 8.41. The molecule has 4 aromatic rings. The van der Waals surface area contributed by atoms with Gasteiger partial charge in [0.25, 0.3) is 11.4 Å². The van der Waals surface area contributed by atoms with Crippen LogP contribution in [0.4, 0.5) is 24.5 Å². The number of hydrogen-bond donors (Lipinski definition) is 0. The van der Waals surface area contributed by atoms with Gasteiger partial charge in [-0.2, -0.15) is 18.4 Å². The number of Topliss-reactive ketones (excluding diaryl/α,β-unsaturated/α-hetero) is 1. The summed E-state index contributed by atoms with van der Waals surface area (Å²) < 4.78 is 50.6. The van der Waals surface area contributed by atoms with Gasteiger partial charge >= 0.3 is 12.1 Å². The minimum atomic E-state index is -5.02. The van der Waals surface area contributed by atoms with E-state index in [1.807, 2.05) is 33.8 Å². The van der Waals surface area contributed by atoms with E-state index in [0.717, 1.165) is 36.8 Å². The topological polar surface area (TPSA) is 179 Å². The molecule has 1 aromatic heterocycles. The maximum atomic E-state index is 13.5. The largest absolute Gasteiger partial charge is 0.456 e. The van der Waals surface area contributed by atoms with Gasteiger partial charge in [0.2, 0.25) is 0 Å². The molecule has 0 bridgehead atoms. The average molecular weight is 613 g/mol. The Kier molecular flexibility index (Phi) is 9.18. The first-order valence-electron chi connectivity index (χ1n) is 12.5. The van der Waals surface area contributed by atoms with Crippen molar-refractivity contribution in [2.75, 3.05) is 0 Å². The quantitative estimate of drug-likeness (QED) is 0.0956. The van der Waals surface area contributed by atoms with Gasteiger partial charge in [-0.1, -0.05) is 11.2 Å². The summed E-state index contributed by atoms with van der Waals surface area (Å²) >= 11 is 0. The maximum Gasteiger partial charge on any atom is 0.417 e. The smallest absolute Gasteiger partial charge is 0.417 e. The highest BCUT2D eigenvalue weighted by atomic mass is 19.4. The van der Waals surface area contributed by atoms with Crippen LogP contribution in [0.1, 0.15) is 65.2 Å². The Balaban J connectivity index is 0.000000281. The van der Waals surface area contributed by atoms with Crippen molar-refractivity contribution in [3.05, 3.63) is 96.7 Å². The Morgan fingerprint density at radius 1 is 0.977 bits per heavy atom. The summed E-state index contributed by atoms with van der Waals surface area (Å²) in [4.78, 5) is 43.7. The van der Waals surface area contributed by atoms with Gasteiger partial charge in [0, 0.05) is 30.7 Å². The lowest BCUT2D eigenvalue weighted by atomic mass is 9.95. The first kappa shape index (κ1) is 32.9. The predicted octanol–water partition coefficient (Wildman–Crippen LogP) is 7.35. The zero-order valence-corrected chi connectivity index (χ0v) is 23.8. The summed E-state index contributed by atoms with van der Waals surface area (Å²) in [6, 6.07) is 10.7. The molecule has 0 saturated carbocycles. The number of nitro benzene ring substituents is 2. The number of esters is 1. The molecular formula is C29H23F3N4O8. The van der Waals surface area contributed by atoms with Crippen LogP contribution in [0.2, 0.25) is 0 Å². The van der Waals surface area contributed by atoms with Crippen LogP contribution in [0.5, 0.6) is 0 Å². The minimum Gasteiger partial charge on any atom is -0.456 e. The van der Waals surface area contributed by atoms with E-state index in [4.69, 9.17) is 14.5 Å². The number of nitrogens with zero attached hydrogens (tertiary/aromatic N) is 4. The van der Waals surface area contributed by atoms with Crippen molar-refractivity contribution < 1.29 is 41.9 Å². The molecule has 0 N–H and O–H groups in total. The number of halogens is 3. The highest BCUT2D eigenvalue weighted by Crippen LogP contribution is 2.43. The van der Waals surface area contributed by atoms with E-state index in [0.29, 0.717) is 17.2 Å². The van der Waals surface area contributed by atoms with E-state index in [1.54, 1.807) is 18.2 Å². The van der Waals surface area contributed by atoms with Gasteiger partial charge in [-0.3, -0.25) is 25.0 Å². The molecule has 0 aliphatic heterocycles. The van der Waals surface area contributed by atoms with Crippen molar-refractivity contribution in [1.82, 2.24) is 5.16 Å². The number of carbonyl (C=O) groups is 2. The van der Waals surface area contributed by atoms with Gasteiger partial charge in [-0.25, -0.2) is 4.79 Å². The van der Waals surface area contributed by atoms with E-state index >= 15 is 0 Å². The summed E-state index contributed by atoms with van der Waals surface area (Å²) in [5.74, 6) is -0.936.